The molecule has 5 rings (SSSR count). The summed E-state index contributed by atoms with van der Waals surface area (Å²) >= 11 is 3.30. The maximum absolute atomic E-state index is 13.3. The minimum Gasteiger partial charge on any atom is -0.452 e. The second-order valence-corrected chi connectivity index (χ2v) is 9.59. The van der Waals surface area contributed by atoms with Gasteiger partial charge in [0.15, 0.2) is 4.67 Å². The van der Waals surface area contributed by atoms with Crippen LogP contribution in [0.25, 0.3) is 0 Å². The van der Waals surface area contributed by atoms with Crippen molar-refractivity contribution in [2.45, 2.75) is 57.0 Å². The summed E-state index contributed by atoms with van der Waals surface area (Å²) in [6, 6.07) is 2.96. The summed E-state index contributed by atoms with van der Waals surface area (Å²) in [5, 5.41) is 3.11. The van der Waals surface area contributed by atoms with Gasteiger partial charge in [-0.2, -0.15) is 0 Å². The Morgan fingerprint density at radius 1 is 1.10 bits per heavy atom. The number of likely N-dealkylation sites (tertiary alicyclic amines) is 1. The molecule has 0 aromatic carbocycles. The van der Waals surface area contributed by atoms with Crippen molar-refractivity contribution in [1.82, 2.24) is 10.2 Å². The van der Waals surface area contributed by atoms with E-state index in [1.165, 1.54) is 11.3 Å². The van der Waals surface area contributed by atoms with Crippen molar-refractivity contribution in [2.75, 3.05) is 0 Å². The normalized spacial score (nSPS) is 32.1. The summed E-state index contributed by atoms with van der Waals surface area (Å²) in [7, 11) is 0. The van der Waals surface area contributed by atoms with Gasteiger partial charge in [-0.1, -0.05) is 31.4 Å². The first kappa shape index (κ1) is 19.1. The van der Waals surface area contributed by atoms with Crippen molar-refractivity contribution < 1.29 is 18.8 Å². The number of imide groups is 1. The third-order valence-electron chi connectivity index (χ3n) is 7.09. The predicted octanol–water partition coefficient (Wildman–Crippen LogP) is 3.73. The van der Waals surface area contributed by atoms with E-state index in [0.717, 1.165) is 32.1 Å². The third kappa shape index (κ3) is 3.27. The molecule has 1 aliphatic heterocycles. The van der Waals surface area contributed by atoms with Gasteiger partial charge in [0.1, 0.15) is 11.8 Å². The van der Waals surface area contributed by atoms with Crippen LogP contribution in [0.15, 0.2) is 33.4 Å². The Labute approximate surface area is 178 Å². The van der Waals surface area contributed by atoms with Gasteiger partial charge < -0.3 is 9.73 Å². The number of carbonyl (C=O) groups is 3. The van der Waals surface area contributed by atoms with Crippen LogP contribution >= 0.6 is 15.9 Å². The van der Waals surface area contributed by atoms with Crippen molar-refractivity contribution in [3.8, 4) is 0 Å². The maximum Gasteiger partial charge on any atom is 0.234 e. The molecule has 5 unspecified atom stereocenters. The Hall–Kier alpha value is -1.89. The first-order valence-electron chi connectivity index (χ1n) is 10.6. The molecule has 3 fully saturated rings. The third-order valence-corrected chi connectivity index (χ3v) is 7.51. The van der Waals surface area contributed by atoms with Crippen LogP contribution in [0.3, 0.4) is 0 Å². The number of halogens is 1. The molecule has 2 saturated carbocycles. The maximum atomic E-state index is 13.3. The van der Waals surface area contributed by atoms with Gasteiger partial charge in [0.2, 0.25) is 17.7 Å². The Morgan fingerprint density at radius 3 is 2.34 bits per heavy atom. The van der Waals surface area contributed by atoms with Gasteiger partial charge in [-0.15, -0.1) is 0 Å². The molecule has 3 amide bonds. The lowest BCUT2D eigenvalue weighted by Gasteiger charge is -2.28. The van der Waals surface area contributed by atoms with Gasteiger partial charge in [-0.3, -0.25) is 19.3 Å². The van der Waals surface area contributed by atoms with E-state index in [4.69, 9.17) is 4.42 Å². The molecule has 1 saturated heterocycles. The molecule has 7 heteroatoms. The summed E-state index contributed by atoms with van der Waals surface area (Å²) in [6.45, 7) is 0. The monoisotopic (exact) mass is 460 g/mol. The lowest BCUT2D eigenvalue weighted by atomic mass is 9.85. The van der Waals surface area contributed by atoms with E-state index in [0.29, 0.717) is 10.4 Å². The molecule has 2 heterocycles. The Kier molecular flexibility index (Phi) is 4.88. The van der Waals surface area contributed by atoms with Crippen LogP contribution in [0.5, 0.6) is 0 Å². The highest BCUT2D eigenvalue weighted by atomic mass is 79.9. The SMILES string of the molecule is O=C(CC(c1ccc(Br)o1)N1C(=O)C2C3C=CC(C3)C2C1=O)NC1CCCCC1. The molecule has 0 radical (unpaired) electrons. The first-order chi connectivity index (χ1) is 14.0. The van der Waals surface area contributed by atoms with Crippen molar-refractivity contribution in [3.63, 3.8) is 0 Å². The highest BCUT2D eigenvalue weighted by Crippen LogP contribution is 2.54. The zero-order valence-electron chi connectivity index (χ0n) is 16.2. The van der Waals surface area contributed by atoms with E-state index in [9.17, 15) is 14.4 Å². The lowest BCUT2D eigenvalue weighted by molar-refractivity contribution is -0.145. The van der Waals surface area contributed by atoms with Gasteiger partial charge in [-0.05, 0) is 59.2 Å². The Bertz CT molecular complexity index is 842. The number of rotatable bonds is 5. The van der Waals surface area contributed by atoms with E-state index < -0.39 is 6.04 Å². The zero-order valence-corrected chi connectivity index (χ0v) is 17.8. The zero-order chi connectivity index (χ0) is 20.1. The van der Waals surface area contributed by atoms with Crippen LogP contribution in [0, 0.1) is 23.7 Å². The van der Waals surface area contributed by atoms with Gasteiger partial charge in [0.05, 0.1) is 18.3 Å². The summed E-state index contributed by atoms with van der Waals surface area (Å²) < 4.78 is 6.23. The molecule has 1 aromatic heterocycles. The number of amides is 3. The number of fused-ring (bicyclic) bond motifs is 5. The molecule has 29 heavy (non-hydrogen) atoms. The number of hydrogen-bond acceptors (Lipinski definition) is 4. The van der Waals surface area contributed by atoms with Gasteiger partial charge in [-0.25, -0.2) is 0 Å². The van der Waals surface area contributed by atoms with E-state index in [1.807, 2.05) is 0 Å². The van der Waals surface area contributed by atoms with E-state index >= 15 is 0 Å². The average Bonchev–Trinajstić information content (AvgIpc) is 3.46. The number of hydrogen-bond donors (Lipinski definition) is 1. The standard InChI is InChI=1S/C22H25BrN2O4/c23-17-9-8-16(29-17)15(11-18(26)24-14-4-2-1-3-5-14)25-21(27)19-12-6-7-13(10-12)20(19)22(25)28/h6-9,12-15,19-20H,1-5,10-11H2,(H,24,26). The lowest BCUT2D eigenvalue weighted by Crippen LogP contribution is -2.41. The summed E-state index contributed by atoms with van der Waals surface area (Å²) in [5.74, 6) is -0.233. The minimum absolute atomic E-state index is 0.0378. The van der Waals surface area contributed by atoms with E-state index in [1.54, 1.807) is 12.1 Å². The highest BCUT2D eigenvalue weighted by molar-refractivity contribution is 9.10. The van der Waals surface area contributed by atoms with E-state index in [2.05, 4.69) is 33.4 Å². The number of furan rings is 1. The van der Waals surface area contributed by atoms with Crippen molar-refractivity contribution in [1.29, 1.82) is 0 Å². The minimum atomic E-state index is -0.699. The smallest absolute Gasteiger partial charge is 0.234 e. The van der Waals surface area contributed by atoms with Crippen LogP contribution in [-0.4, -0.2) is 28.7 Å². The van der Waals surface area contributed by atoms with Crippen LogP contribution in [0.1, 0.15) is 56.7 Å². The molecule has 1 aromatic rings. The largest absolute Gasteiger partial charge is 0.452 e. The average molecular weight is 461 g/mol. The summed E-state index contributed by atoms with van der Waals surface area (Å²) in [6.07, 6.45) is 10.5. The first-order valence-corrected chi connectivity index (χ1v) is 11.4. The van der Waals surface area contributed by atoms with E-state index in [-0.39, 0.29) is 53.9 Å². The second-order valence-electron chi connectivity index (χ2n) is 8.81. The fourth-order valence-corrected chi connectivity index (χ4v) is 6.09. The second kappa shape index (κ2) is 7.42. The molecule has 0 spiro atoms. The predicted molar refractivity (Wildman–Crippen MR) is 108 cm³/mol. The van der Waals surface area contributed by atoms with Gasteiger partial charge in [0.25, 0.3) is 0 Å². The number of carbonyl (C=O) groups excluding carboxylic acids is 3. The molecule has 154 valence electrons. The molecular weight excluding hydrogens is 436 g/mol. The fraction of sp³-hybridized carbons (Fsp3) is 0.591. The molecule has 4 aliphatic rings. The molecular formula is C22H25BrN2O4. The summed E-state index contributed by atoms with van der Waals surface area (Å²) in [4.78, 5) is 40.7. The van der Waals surface area contributed by atoms with Gasteiger partial charge >= 0.3 is 0 Å². The number of allylic oxidation sites excluding steroid dienone is 2. The van der Waals surface area contributed by atoms with Crippen molar-refractivity contribution in [3.05, 3.63) is 34.7 Å². The number of nitrogens with zero attached hydrogens (tertiary/aromatic N) is 1. The fourth-order valence-electron chi connectivity index (χ4n) is 5.77. The quantitative estimate of drug-likeness (QED) is 0.536. The molecule has 3 aliphatic carbocycles. The molecule has 1 N–H and O–H groups in total. The van der Waals surface area contributed by atoms with Crippen LogP contribution < -0.4 is 5.32 Å². The van der Waals surface area contributed by atoms with Crippen LogP contribution in [-0.2, 0) is 14.4 Å². The topological polar surface area (TPSA) is 79.6 Å². The van der Waals surface area contributed by atoms with Crippen LogP contribution in [0.2, 0.25) is 0 Å². The highest BCUT2D eigenvalue weighted by Gasteiger charge is 2.60. The van der Waals surface area contributed by atoms with Crippen LogP contribution in [0.4, 0.5) is 0 Å². The Morgan fingerprint density at radius 2 is 1.76 bits per heavy atom. The van der Waals surface area contributed by atoms with Gasteiger partial charge in [0, 0.05) is 6.04 Å². The number of nitrogens with one attached hydrogen (secondary N) is 1. The van der Waals surface area contributed by atoms with Crippen molar-refractivity contribution >= 4 is 33.7 Å². The summed E-state index contributed by atoms with van der Waals surface area (Å²) in [5.41, 5.74) is 0. The Balaban J connectivity index is 1.39. The molecule has 5 atom stereocenters. The molecule has 6 nitrogen and oxygen atoms in total. The van der Waals surface area contributed by atoms with Crippen molar-refractivity contribution in [2.24, 2.45) is 23.7 Å². The molecule has 2 bridgehead atoms.